The summed E-state index contributed by atoms with van der Waals surface area (Å²) in [5.41, 5.74) is 9.28. The molecule has 8 aromatic carbocycles. The summed E-state index contributed by atoms with van der Waals surface area (Å²) in [4.78, 5) is 16.4. The average Bonchev–Trinajstić information content (AvgIpc) is 3.69. The van der Waals surface area contributed by atoms with Crippen molar-refractivity contribution in [1.29, 1.82) is 0 Å². The lowest BCUT2D eigenvalue weighted by Crippen LogP contribution is -2.35. The normalized spacial score (nSPS) is 15.8. The van der Waals surface area contributed by atoms with Gasteiger partial charge in [0.15, 0.2) is 11.6 Å². The quantitative estimate of drug-likeness (QED) is 0.176. The number of benzene rings is 8. The van der Waals surface area contributed by atoms with E-state index in [0.29, 0.717) is 11.6 Å². The average molecular weight is 754 g/mol. The van der Waals surface area contributed by atoms with E-state index in [1.165, 1.54) is 37.9 Å². The number of para-hydroxylation sites is 1. The van der Waals surface area contributed by atoms with Crippen molar-refractivity contribution in [3.05, 3.63) is 210 Å². The van der Waals surface area contributed by atoms with E-state index in [9.17, 15) is 0 Å². The number of aromatic nitrogens is 3. The Morgan fingerprint density at radius 3 is 2.07 bits per heavy atom. The molecule has 0 N–H and O–H groups in total. The standard InChI is InChI=1S/C55H35N3O/c1-2-12-34(13-3-1)37-23-24-39-31-41(26-25-38(39)30-37)44-28-29-50-51(47-20-10-11-21-49(47)59-50)52(44)55-57-53(42-27-22-35-14-4-5-15-36(35)32-42)56-54(58-55)48-33-40-16-6-7-17-43(40)45-18-8-9-19-46(45)48/h1-33,46,48H/t46?,48-/m0/s1. The largest absolute Gasteiger partial charge is 0.456 e. The highest BCUT2D eigenvalue weighted by Crippen LogP contribution is 2.44. The second kappa shape index (κ2) is 13.5. The molecular weight excluding hydrogens is 719 g/mol. The van der Waals surface area contributed by atoms with Gasteiger partial charge in [0, 0.05) is 33.7 Å². The Morgan fingerprint density at radius 1 is 0.458 bits per heavy atom. The van der Waals surface area contributed by atoms with Crippen LogP contribution in [0, 0.1) is 5.92 Å². The van der Waals surface area contributed by atoms with Gasteiger partial charge in [0.25, 0.3) is 0 Å². The molecular formula is C55H35N3O. The molecule has 0 bridgehead atoms. The van der Waals surface area contributed by atoms with Crippen LogP contribution in [0.3, 0.4) is 0 Å². The molecule has 1 unspecified atom stereocenters. The van der Waals surface area contributed by atoms with Crippen LogP contribution in [-0.2, 0) is 0 Å². The first-order valence-electron chi connectivity index (χ1n) is 20.2. The third-order valence-electron chi connectivity index (χ3n) is 12.1. The van der Waals surface area contributed by atoms with Crippen LogP contribution in [0.2, 0.25) is 0 Å². The SMILES string of the molecule is C1=CC2=c3ccccc3=C[C@H](c3nc(-c4ccc5ccccc5c4)nc(-c4c(-c5ccc6cc(-c7ccccc7)ccc6c5)ccc5oc6ccccc6c45)n3)C2C=C1. The first-order chi connectivity index (χ1) is 29.2. The van der Waals surface area contributed by atoms with E-state index in [0.717, 1.165) is 60.8 Å². The van der Waals surface area contributed by atoms with Crippen LogP contribution in [0.25, 0.3) is 100 Å². The van der Waals surface area contributed by atoms with Crippen molar-refractivity contribution in [1.82, 2.24) is 15.0 Å². The first kappa shape index (κ1) is 33.4. The maximum absolute atomic E-state index is 6.55. The smallest absolute Gasteiger partial charge is 0.165 e. The summed E-state index contributed by atoms with van der Waals surface area (Å²) in [6.45, 7) is 0. The van der Waals surface area contributed by atoms with Gasteiger partial charge in [-0.2, -0.15) is 0 Å². The number of nitrogens with zero attached hydrogens (tertiary/aromatic N) is 3. The number of rotatable bonds is 5. The molecule has 0 radical (unpaired) electrons. The van der Waals surface area contributed by atoms with Gasteiger partial charge >= 0.3 is 0 Å². The highest BCUT2D eigenvalue weighted by atomic mass is 16.3. The van der Waals surface area contributed by atoms with E-state index < -0.39 is 0 Å². The highest BCUT2D eigenvalue weighted by molar-refractivity contribution is 6.15. The fourth-order valence-electron chi connectivity index (χ4n) is 9.20. The summed E-state index contributed by atoms with van der Waals surface area (Å²) < 4.78 is 6.55. The predicted molar refractivity (Wildman–Crippen MR) is 242 cm³/mol. The molecule has 2 aromatic heterocycles. The molecule has 0 spiro atoms. The zero-order valence-corrected chi connectivity index (χ0v) is 32.0. The molecule has 276 valence electrons. The molecule has 10 aromatic rings. The lowest BCUT2D eigenvalue weighted by Gasteiger charge is -2.27. The van der Waals surface area contributed by atoms with Crippen molar-refractivity contribution >= 4 is 55.1 Å². The van der Waals surface area contributed by atoms with Crippen molar-refractivity contribution < 1.29 is 4.42 Å². The number of fused-ring (bicyclic) bond motifs is 7. The zero-order valence-electron chi connectivity index (χ0n) is 32.0. The molecule has 0 saturated carbocycles. The number of allylic oxidation sites excluding steroid dienone is 4. The minimum Gasteiger partial charge on any atom is -0.456 e. The molecule has 2 aliphatic rings. The van der Waals surface area contributed by atoms with Crippen LogP contribution >= 0.6 is 0 Å². The Bertz CT molecular complexity index is 3520. The third kappa shape index (κ3) is 5.64. The fraction of sp³-hybridized carbons (Fsp3) is 0.0364. The minimum atomic E-state index is -0.120. The van der Waals surface area contributed by atoms with Gasteiger partial charge in [0.1, 0.15) is 17.0 Å². The molecule has 2 heterocycles. The Kier molecular flexibility index (Phi) is 7.63. The molecule has 4 nitrogen and oxygen atoms in total. The zero-order chi connectivity index (χ0) is 38.9. The van der Waals surface area contributed by atoms with E-state index in [4.69, 9.17) is 19.4 Å². The molecule has 2 atom stereocenters. The van der Waals surface area contributed by atoms with Gasteiger partial charge in [-0.05, 0) is 96.2 Å². The second-order valence-electron chi connectivity index (χ2n) is 15.5. The molecule has 59 heavy (non-hydrogen) atoms. The van der Waals surface area contributed by atoms with Crippen molar-refractivity contribution in [3.63, 3.8) is 0 Å². The van der Waals surface area contributed by atoms with Crippen molar-refractivity contribution in [3.8, 4) is 45.0 Å². The van der Waals surface area contributed by atoms with Crippen LogP contribution < -0.4 is 10.4 Å². The molecule has 2 aliphatic carbocycles. The van der Waals surface area contributed by atoms with E-state index >= 15 is 0 Å². The van der Waals surface area contributed by atoms with Crippen LogP contribution in [0.5, 0.6) is 0 Å². The number of hydrogen-bond acceptors (Lipinski definition) is 4. The van der Waals surface area contributed by atoms with Gasteiger partial charge in [0.05, 0.1) is 0 Å². The Labute approximate surface area is 340 Å². The molecule has 0 aliphatic heterocycles. The van der Waals surface area contributed by atoms with Crippen LogP contribution in [-0.4, -0.2) is 15.0 Å². The minimum absolute atomic E-state index is 0.0703. The van der Waals surface area contributed by atoms with E-state index in [-0.39, 0.29) is 11.8 Å². The number of furan rings is 1. The van der Waals surface area contributed by atoms with Gasteiger partial charge in [-0.25, -0.2) is 15.0 Å². The first-order valence-corrected chi connectivity index (χ1v) is 20.2. The molecule has 0 amide bonds. The summed E-state index contributed by atoms with van der Waals surface area (Å²) in [7, 11) is 0. The van der Waals surface area contributed by atoms with Gasteiger partial charge in [-0.3, -0.25) is 0 Å². The van der Waals surface area contributed by atoms with Crippen LogP contribution in [0.15, 0.2) is 199 Å². The predicted octanol–water partition coefficient (Wildman–Crippen LogP) is 12.2. The van der Waals surface area contributed by atoms with Gasteiger partial charge in [-0.15, -0.1) is 0 Å². The maximum Gasteiger partial charge on any atom is 0.165 e. The maximum atomic E-state index is 6.55. The Hall–Kier alpha value is -7.69. The molecule has 4 heteroatoms. The Balaban J connectivity index is 1.12. The Morgan fingerprint density at radius 2 is 1.15 bits per heavy atom. The summed E-state index contributed by atoms with van der Waals surface area (Å²) in [6.07, 6.45) is 11.2. The van der Waals surface area contributed by atoms with Crippen molar-refractivity contribution in [2.75, 3.05) is 0 Å². The van der Waals surface area contributed by atoms with Crippen LogP contribution in [0.1, 0.15) is 11.7 Å². The highest BCUT2D eigenvalue weighted by Gasteiger charge is 2.30. The lowest BCUT2D eigenvalue weighted by atomic mass is 9.78. The molecule has 0 fully saturated rings. The lowest BCUT2D eigenvalue weighted by molar-refractivity contribution is 0.669. The van der Waals surface area contributed by atoms with E-state index in [1.54, 1.807) is 0 Å². The van der Waals surface area contributed by atoms with Gasteiger partial charge < -0.3 is 4.42 Å². The molecule has 12 rings (SSSR count). The summed E-state index contributed by atoms with van der Waals surface area (Å²) >= 11 is 0. The monoisotopic (exact) mass is 753 g/mol. The summed E-state index contributed by atoms with van der Waals surface area (Å²) in [5, 5.41) is 9.11. The van der Waals surface area contributed by atoms with Crippen molar-refractivity contribution in [2.24, 2.45) is 5.92 Å². The third-order valence-corrected chi connectivity index (χ3v) is 12.1. The van der Waals surface area contributed by atoms with Gasteiger partial charge in [0.2, 0.25) is 0 Å². The van der Waals surface area contributed by atoms with Crippen molar-refractivity contribution in [2.45, 2.75) is 5.92 Å². The summed E-state index contributed by atoms with van der Waals surface area (Å²) in [6, 6.07) is 60.1. The van der Waals surface area contributed by atoms with E-state index in [2.05, 4.69) is 188 Å². The fourth-order valence-corrected chi connectivity index (χ4v) is 9.20. The van der Waals surface area contributed by atoms with Crippen LogP contribution in [0.4, 0.5) is 0 Å². The summed E-state index contributed by atoms with van der Waals surface area (Å²) in [5.74, 6) is 1.94. The second-order valence-corrected chi connectivity index (χ2v) is 15.5. The van der Waals surface area contributed by atoms with Gasteiger partial charge in [-0.1, -0.05) is 164 Å². The number of hydrogen-bond donors (Lipinski definition) is 0. The topological polar surface area (TPSA) is 51.8 Å². The molecule has 0 saturated heterocycles. The van der Waals surface area contributed by atoms with E-state index in [1.807, 2.05) is 12.1 Å².